The molecule has 626 valence electrons. The molecule has 7 amide bonds. The minimum atomic E-state index is -4.84. The molecule has 17 atom stereocenters. The van der Waals surface area contributed by atoms with E-state index in [1.807, 2.05) is 5.32 Å². The van der Waals surface area contributed by atoms with Crippen molar-refractivity contribution in [2.24, 2.45) is 5.73 Å². The first-order valence-electron chi connectivity index (χ1n) is 36.9. The SMILES string of the molecule is CCCCCCCCCCNCCN[C@@]1(C)C[C@H](O[C@H]2[C@H](Oc3c4cc5cc3Oc3ccc(cc3Cl)[C@H](O)[C@@H](NC(=O)O)C(=O)N[C@@H](CC(N)=O)C(=O)N[C@H]5C(=O)N[C@H]3C(=O)N[C@H](C(=O)N[C@H](C(=O)O)c5cc(O)c(CNCP(=O)(O)O)c(O)c5-c5cc3ccc5O)[C@H](O)c3ccc(c(Cl)c3)O4)O[C@H](CO)[C@@H](O)[C@@H]2O)O[C@@H](C)[C@H]1O. The van der Waals surface area contributed by atoms with Crippen molar-refractivity contribution in [1.82, 2.24) is 47.9 Å². The van der Waals surface area contributed by atoms with Crippen LogP contribution in [0.1, 0.15) is 149 Å². The maximum atomic E-state index is 16.1. The van der Waals surface area contributed by atoms with E-state index in [1.165, 1.54) is 19.3 Å². The minimum Gasteiger partial charge on any atom is -0.507 e. The third-order valence-electron chi connectivity index (χ3n) is 20.3. The number of amides is 7. The molecule has 2 saturated heterocycles. The van der Waals surface area contributed by atoms with Crippen molar-refractivity contribution in [2.45, 2.75) is 195 Å². The van der Waals surface area contributed by atoms with E-state index in [1.54, 1.807) is 13.8 Å². The molecule has 0 aliphatic carbocycles. The minimum absolute atomic E-state index is 0.139. The molecule has 115 heavy (non-hydrogen) atoms. The van der Waals surface area contributed by atoms with Gasteiger partial charge in [-0.25, -0.2) is 9.59 Å². The number of aliphatic hydroxyl groups excluding tert-OH is 6. The third kappa shape index (κ3) is 21.1. The van der Waals surface area contributed by atoms with Crippen LogP contribution in [0.5, 0.6) is 46.0 Å². The second-order valence-electron chi connectivity index (χ2n) is 28.8. The van der Waals surface area contributed by atoms with Crippen LogP contribution in [0.3, 0.4) is 0 Å². The highest BCUT2D eigenvalue weighted by Crippen LogP contribution is 2.51. The molecule has 11 bridgehead atoms. The van der Waals surface area contributed by atoms with Gasteiger partial charge in [-0.2, -0.15) is 0 Å². The number of nitrogens with two attached hydrogens (primary N) is 1. The smallest absolute Gasteiger partial charge is 0.405 e. The van der Waals surface area contributed by atoms with Gasteiger partial charge >= 0.3 is 19.7 Å². The van der Waals surface area contributed by atoms with Gasteiger partial charge in [0.25, 0.3) is 0 Å². The van der Waals surface area contributed by atoms with Crippen molar-refractivity contribution in [1.29, 1.82) is 0 Å². The second-order valence-corrected chi connectivity index (χ2v) is 31.2. The molecular weight excluding hydrogens is 1580 g/mol. The Morgan fingerprint density at radius 3 is 1.89 bits per heavy atom. The Morgan fingerprint density at radius 1 is 0.670 bits per heavy atom. The molecule has 7 aliphatic heterocycles. The van der Waals surface area contributed by atoms with Gasteiger partial charge in [-0.3, -0.25) is 33.3 Å². The van der Waals surface area contributed by atoms with E-state index in [0.717, 1.165) is 111 Å². The number of hydrogen-bond donors (Lipinski definition) is 23. The van der Waals surface area contributed by atoms with Gasteiger partial charge in [-0.15, -0.1) is 0 Å². The summed E-state index contributed by atoms with van der Waals surface area (Å²) in [6, 6.07) is -2.17. The zero-order chi connectivity index (χ0) is 83.7. The Hall–Kier alpha value is -9.29. The Kier molecular flexibility index (Phi) is 29.3. The number of hydrogen-bond acceptors (Lipinski definition) is 27. The average Bonchev–Trinajstić information content (AvgIpc) is 0.761. The lowest BCUT2D eigenvalue weighted by Gasteiger charge is -2.48. The van der Waals surface area contributed by atoms with Gasteiger partial charge in [0, 0.05) is 48.3 Å². The van der Waals surface area contributed by atoms with Crippen molar-refractivity contribution in [3.63, 3.8) is 0 Å². The van der Waals surface area contributed by atoms with Crippen LogP contribution in [0.25, 0.3) is 11.1 Å². The summed E-state index contributed by atoms with van der Waals surface area (Å²) in [4.78, 5) is 135. The van der Waals surface area contributed by atoms with Gasteiger partial charge in [-0.1, -0.05) is 93.3 Å². The standard InChI is InChI=1S/C74H93Cl2N10O28P/c1-4-5-6-7-8-9-10-11-18-78-19-20-80-74(3)28-51(109-32(2)65(74)96)113-64-62(95)61(94)49(30-87)112-72(64)114-63-47-24-36-25-48(63)111-46-17-14-35(23-41(46)76)59(92)57(86-73(104)105)69(100)81-42(27-50(77)90)66(97)82-54(36)68(99)83-53-33-12-15-43(88)37(21-33)52-38(26-44(89)39(60(52)93)29-79-31-115(106,107)108)55(71(102)103)84-70(101)56(85-67(53)98)58(91)34-13-16-45(110-47)40(75)22-34/h12-17,21-26,32,42,49,51,53-59,61-62,64-65,72,78-80,86-89,91-96H,4-11,18-20,27-31H2,1-3H3,(H2,77,90)(H,81,100)(H,82,97)(H,83,99)(H,84,101)(H,85,98)(H,102,103)(H,104,105)(H2,106,107,108)/t32-,42-,49+,51-,53+,54+,55-,56-,57+,58+,59-,61+,62-,64+,65+,72-,74-/m0/s1. The number of benzene rings is 5. The number of aliphatic hydroxyl groups is 6. The first kappa shape index (κ1) is 88.1. The molecule has 0 radical (unpaired) electrons. The fraction of sp³-hybridized carbons (Fsp3) is 0.486. The molecule has 7 aliphatic rings. The van der Waals surface area contributed by atoms with E-state index in [0.29, 0.717) is 13.1 Å². The normalized spacial score (nSPS) is 27.1. The predicted octanol–water partition coefficient (Wildman–Crippen LogP) is 2.21. The quantitative estimate of drug-likeness (QED) is 0.0279. The van der Waals surface area contributed by atoms with Crippen LogP contribution in [0.15, 0.2) is 72.8 Å². The molecule has 0 spiro atoms. The van der Waals surface area contributed by atoms with Gasteiger partial charge < -0.3 is 148 Å². The molecule has 5 aromatic rings. The number of ether oxygens (including phenoxy) is 6. The third-order valence-corrected chi connectivity index (χ3v) is 21.5. The molecule has 7 heterocycles. The maximum absolute atomic E-state index is 16.1. The lowest BCUT2D eigenvalue weighted by Crippen LogP contribution is -2.65. The van der Waals surface area contributed by atoms with Gasteiger partial charge in [0.15, 0.2) is 29.9 Å². The Balaban J connectivity index is 1.16. The van der Waals surface area contributed by atoms with E-state index >= 15 is 19.2 Å². The number of aromatic hydroxyl groups is 3. The van der Waals surface area contributed by atoms with Crippen LogP contribution in [0.4, 0.5) is 4.79 Å². The van der Waals surface area contributed by atoms with E-state index < -0.39 is 274 Å². The molecule has 12 rings (SSSR count). The van der Waals surface area contributed by atoms with E-state index in [2.05, 4.69) is 49.5 Å². The van der Waals surface area contributed by atoms with Gasteiger partial charge in [0.2, 0.25) is 47.5 Å². The average molecular weight is 1670 g/mol. The predicted molar refractivity (Wildman–Crippen MR) is 403 cm³/mol. The summed E-state index contributed by atoms with van der Waals surface area (Å²) < 4.78 is 51.0. The topological polar surface area (TPSA) is 606 Å². The number of aliphatic carboxylic acids is 1. The summed E-state index contributed by atoms with van der Waals surface area (Å²) in [5.41, 5.74) is 0.190. The molecular formula is C74H93Cl2N10O28P. The molecule has 0 unspecified atom stereocenters. The number of carbonyl (C=O) groups excluding carboxylic acids is 6. The molecule has 2 fully saturated rings. The Bertz CT molecular complexity index is 4490. The van der Waals surface area contributed by atoms with Gasteiger partial charge in [0.05, 0.1) is 47.1 Å². The second kappa shape index (κ2) is 38.2. The number of carboxylic acids is 1. The van der Waals surface area contributed by atoms with Crippen molar-refractivity contribution >= 4 is 78.3 Å². The van der Waals surface area contributed by atoms with Gasteiger partial charge in [0.1, 0.15) is 89.5 Å². The highest BCUT2D eigenvalue weighted by Gasteiger charge is 2.52. The summed E-state index contributed by atoms with van der Waals surface area (Å²) in [5.74, 6) is -16.6. The number of halogens is 2. The number of carboxylic acid groups (broad SMARTS) is 2. The zero-order valence-corrected chi connectivity index (χ0v) is 64.6. The number of primary amides is 1. The van der Waals surface area contributed by atoms with Crippen LogP contribution >= 0.6 is 30.8 Å². The van der Waals surface area contributed by atoms with E-state index in [-0.39, 0.29) is 17.5 Å². The number of nitrogens with one attached hydrogen (secondary N) is 9. The van der Waals surface area contributed by atoms with Crippen molar-refractivity contribution in [3.8, 4) is 57.1 Å². The largest absolute Gasteiger partial charge is 0.507 e. The fourth-order valence-corrected chi connectivity index (χ4v) is 15.1. The van der Waals surface area contributed by atoms with Gasteiger partial charge in [-0.05, 0) is 104 Å². The molecule has 41 heteroatoms. The monoisotopic (exact) mass is 1670 g/mol. The maximum Gasteiger partial charge on any atom is 0.405 e. The molecule has 24 N–H and O–H groups in total. The molecule has 38 nitrogen and oxygen atoms in total. The summed E-state index contributed by atoms with van der Waals surface area (Å²) in [5, 5.41) is 149. The van der Waals surface area contributed by atoms with Crippen LogP contribution in [0.2, 0.25) is 10.0 Å². The number of fused-ring (bicyclic) bond motifs is 15. The number of unbranched alkanes of at least 4 members (excludes halogenated alkanes) is 7. The van der Waals surface area contributed by atoms with Crippen molar-refractivity contribution in [3.05, 3.63) is 116 Å². The first-order chi connectivity index (χ1) is 54.5. The summed E-state index contributed by atoms with van der Waals surface area (Å²) in [6.45, 7) is 5.29. The van der Waals surface area contributed by atoms with Crippen LogP contribution in [0, 0.1) is 0 Å². The molecule has 0 saturated carbocycles. The van der Waals surface area contributed by atoms with Crippen molar-refractivity contribution in [2.75, 3.05) is 32.5 Å². The first-order valence-corrected chi connectivity index (χ1v) is 39.5. The highest BCUT2D eigenvalue weighted by molar-refractivity contribution is 7.51. The van der Waals surface area contributed by atoms with Crippen LogP contribution < -0.4 is 67.8 Å². The molecule has 5 aromatic carbocycles. The van der Waals surface area contributed by atoms with E-state index in [4.69, 9.17) is 57.4 Å². The Morgan fingerprint density at radius 2 is 1.28 bits per heavy atom. The highest BCUT2D eigenvalue weighted by atomic mass is 35.5. The summed E-state index contributed by atoms with van der Waals surface area (Å²) >= 11 is 14.1. The van der Waals surface area contributed by atoms with Crippen LogP contribution in [-0.2, 0) is 58.9 Å². The summed E-state index contributed by atoms with van der Waals surface area (Å²) in [6.07, 6.45) is -12.9. The Labute approximate surface area is 666 Å². The number of rotatable bonds is 26. The van der Waals surface area contributed by atoms with Crippen LogP contribution in [-0.4, -0.2) is 219 Å². The lowest BCUT2D eigenvalue weighted by molar-refractivity contribution is -0.334. The van der Waals surface area contributed by atoms with E-state index in [9.17, 15) is 89.7 Å². The number of phenolic OH excluding ortho intramolecular Hbond substituents is 3. The molecule has 0 aromatic heterocycles. The number of phenols is 3. The lowest BCUT2D eigenvalue weighted by atomic mass is 9.85. The number of carbonyl (C=O) groups is 8. The summed E-state index contributed by atoms with van der Waals surface area (Å²) in [7, 11) is -4.84. The zero-order valence-electron chi connectivity index (χ0n) is 62.2. The fourth-order valence-electron chi connectivity index (χ4n) is 14.2. The van der Waals surface area contributed by atoms with Crippen molar-refractivity contribution < 1.29 is 137 Å².